The fraction of sp³-hybridized carbons (Fsp3) is 0.333. The van der Waals surface area contributed by atoms with Gasteiger partial charge in [0.1, 0.15) is 5.75 Å². The first-order valence-corrected chi connectivity index (χ1v) is 4.81. The first kappa shape index (κ1) is 14.0. The zero-order valence-corrected chi connectivity index (χ0v) is 9.76. The van der Waals surface area contributed by atoms with Gasteiger partial charge in [0.05, 0.1) is 0 Å². The minimum Gasteiger partial charge on any atom is -0.508 e. The van der Waals surface area contributed by atoms with E-state index in [0.717, 1.165) is 24.0 Å². The summed E-state index contributed by atoms with van der Waals surface area (Å²) in [5.41, 5.74) is 7.91. The number of aromatic hydroxyl groups is 1. The lowest BCUT2D eigenvalue weighted by Crippen LogP contribution is -2.09. The fourth-order valence-corrected chi connectivity index (χ4v) is 1.37. The molecule has 0 aliphatic carbocycles. The maximum Gasteiger partial charge on any atom is 0.118 e. The van der Waals surface area contributed by atoms with E-state index in [9.17, 15) is 5.11 Å². The third-order valence-electron chi connectivity index (χ3n) is 2.33. The van der Waals surface area contributed by atoms with Gasteiger partial charge in [-0.3, -0.25) is 0 Å². The summed E-state index contributed by atoms with van der Waals surface area (Å²) in [6.07, 6.45) is 3.68. The van der Waals surface area contributed by atoms with E-state index in [-0.39, 0.29) is 18.4 Å². The highest BCUT2D eigenvalue weighted by Gasteiger charge is 2.06. The monoisotopic (exact) mass is 227 g/mol. The molecule has 0 unspecified atom stereocenters. The Kier molecular flexibility index (Phi) is 6.06. The molecule has 0 saturated heterocycles. The highest BCUT2D eigenvalue weighted by molar-refractivity contribution is 5.85. The van der Waals surface area contributed by atoms with Crippen LogP contribution in [0.15, 0.2) is 30.9 Å². The summed E-state index contributed by atoms with van der Waals surface area (Å²) in [7, 11) is 0. The molecule has 0 amide bonds. The van der Waals surface area contributed by atoms with E-state index in [4.69, 9.17) is 5.73 Å². The Morgan fingerprint density at radius 3 is 2.73 bits per heavy atom. The maximum absolute atomic E-state index is 9.34. The van der Waals surface area contributed by atoms with Crippen molar-refractivity contribution in [3.8, 4) is 5.75 Å². The van der Waals surface area contributed by atoms with Crippen molar-refractivity contribution >= 4 is 12.4 Å². The molecule has 2 nitrogen and oxygen atoms in total. The van der Waals surface area contributed by atoms with Gasteiger partial charge in [-0.25, -0.2) is 0 Å². The molecule has 0 fully saturated rings. The first-order valence-electron chi connectivity index (χ1n) is 4.81. The van der Waals surface area contributed by atoms with Crippen LogP contribution in [0.3, 0.4) is 0 Å². The second kappa shape index (κ2) is 6.49. The van der Waals surface area contributed by atoms with Crippen LogP contribution < -0.4 is 5.73 Å². The quantitative estimate of drug-likeness (QED) is 0.777. The van der Waals surface area contributed by atoms with Crippen LogP contribution in [0.4, 0.5) is 0 Å². The van der Waals surface area contributed by atoms with Crippen LogP contribution in [0.1, 0.15) is 30.0 Å². The van der Waals surface area contributed by atoms with E-state index >= 15 is 0 Å². The van der Waals surface area contributed by atoms with Crippen LogP contribution >= 0.6 is 12.4 Å². The first-order chi connectivity index (χ1) is 6.65. The second-order valence-corrected chi connectivity index (χ2v) is 3.52. The predicted molar refractivity (Wildman–Crippen MR) is 66.5 cm³/mol. The van der Waals surface area contributed by atoms with Crippen LogP contribution in [0.2, 0.25) is 0 Å². The number of allylic oxidation sites excluding steroid dienone is 1. The molecule has 84 valence electrons. The number of rotatable bonds is 4. The van der Waals surface area contributed by atoms with E-state index < -0.39 is 0 Å². The average molecular weight is 228 g/mol. The lowest BCUT2D eigenvalue weighted by molar-refractivity contribution is 0.470. The molecule has 1 aromatic rings. The second-order valence-electron chi connectivity index (χ2n) is 3.52. The molecule has 0 saturated carbocycles. The molecule has 0 heterocycles. The number of halogens is 1. The summed E-state index contributed by atoms with van der Waals surface area (Å²) >= 11 is 0. The van der Waals surface area contributed by atoms with E-state index in [1.807, 2.05) is 25.1 Å². The van der Waals surface area contributed by atoms with E-state index in [1.54, 1.807) is 6.07 Å². The Morgan fingerprint density at radius 2 is 2.20 bits per heavy atom. The molecule has 0 aromatic heterocycles. The van der Waals surface area contributed by atoms with Crippen molar-refractivity contribution in [2.75, 3.05) is 0 Å². The van der Waals surface area contributed by atoms with Crippen molar-refractivity contribution < 1.29 is 5.11 Å². The Labute approximate surface area is 97.2 Å². The van der Waals surface area contributed by atoms with Gasteiger partial charge in [-0.05, 0) is 37.0 Å². The third kappa shape index (κ3) is 3.94. The zero-order chi connectivity index (χ0) is 10.6. The van der Waals surface area contributed by atoms with Gasteiger partial charge in [-0.1, -0.05) is 18.2 Å². The van der Waals surface area contributed by atoms with Crippen molar-refractivity contribution in [2.24, 2.45) is 5.73 Å². The number of phenolic OH excluding ortho intramolecular Hbond substituents is 1. The summed E-state index contributed by atoms with van der Waals surface area (Å²) in [6, 6.07) is 5.53. The minimum absolute atomic E-state index is 0. The van der Waals surface area contributed by atoms with Crippen molar-refractivity contribution in [3.63, 3.8) is 0 Å². The van der Waals surface area contributed by atoms with Crippen LogP contribution in [0.25, 0.3) is 0 Å². The average Bonchev–Trinajstić information content (AvgIpc) is 2.18. The Balaban J connectivity index is 0.00000196. The molecule has 1 aromatic carbocycles. The molecule has 1 rings (SSSR count). The zero-order valence-electron chi connectivity index (χ0n) is 8.94. The summed E-state index contributed by atoms with van der Waals surface area (Å²) in [4.78, 5) is 0. The molecule has 0 aliphatic rings. The van der Waals surface area contributed by atoms with E-state index in [2.05, 4.69) is 6.58 Å². The van der Waals surface area contributed by atoms with E-state index in [1.165, 1.54) is 0 Å². The van der Waals surface area contributed by atoms with Gasteiger partial charge in [0.25, 0.3) is 0 Å². The van der Waals surface area contributed by atoms with Crippen LogP contribution in [-0.2, 0) is 0 Å². The van der Waals surface area contributed by atoms with Crippen LogP contribution in [-0.4, -0.2) is 5.11 Å². The van der Waals surface area contributed by atoms with Crippen LogP contribution in [0, 0.1) is 6.92 Å². The predicted octanol–water partition coefficient (Wildman–Crippen LogP) is 3.09. The number of hydrogen-bond donors (Lipinski definition) is 2. The molecule has 1 atom stereocenters. The third-order valence-corrected chi connectivity index (χ3v) is 2.33. The smallest absolute Gasteiger partial charge is 0.118 e. The Morgan fingerprint density at radius 1 is 1.53 bits per heavy atom. The van der Waals surface area contributed by atoms with Gasteiger partial charge in [-0.2, -0.15) is 0 Å². The molecular weight excluding hydrogens is 210 g/mol. The van der Waals surface area contributed by atoms with Gasteiger partial charge in [0, 0.05) is 6.04 Å². The van der Waals surface area contributed by atoms with Crippen molar-refractivity contribution in [1.29, 1.82) is 0 Å². The molecule has 0 bridgehead atoms. The molecular formula is C12H18ClNO. The summed E-state index contributed by atoms with van der Waals surface area (Å²) in [5, 5.41) is 9.34. The minimum atomic E-state index is 0. The highest BCUT2D eigenvalue weighted by Crippen LogP contribution is 2.22. The number of aryl methyl sites for hydroxylation is 1. The largest absolute Gasteiger partial charge is 0.508 e. The van der Waals surface area contributed by atoms with Gasteiger partial charge < -0.3 is 10.8 Å². The fourth-order valence-electron chi connectivity index (χ4n) is 1.37. The highest BCUT2D eigenvalue weighted by atomic mass is 35.5. The molecule has 0 spiro atoms. The standard InChI is InChI=1S/C12H17NO.ClH/c1-3-4-5-11(13)10-6-7-12(14)9(2)8-10;/h3,6-8,11,14H,1,4-5,13H2,2H3;1H/t11-;/m0./s1. The maximum atomic E-state index is 9.34. The molecule has 15 heavy (non-hydrogen) atoms. The Bertz CT molecular complexity index is 325. The SMILES string of the molecule is C=CCC[C@H](N)c1ccc(O)c(C)c1.Cl. The van der Waals surface area contributed by atoms with Gasteiger partial charge in [0.2, 0.25) is 0 Å². The van der Waals surface area contributed by atoms with E-state index in [0.29, 0.717) is 5.75 Å². The molecule has 3 N–H and O–H groups in total. The molecule has 0 radical (unpaired) electrons. The van der Waals surface area contributed by atoms with Gasteiger partial charge in [0.15, 0.2) is 0 Å². The Hall–Kier alpha value is -0.990. The number of nitrogens with two attached hydrogens (primary N) is 1. The summed E-state index contributed by atoms with van der Waals surface area (Å²) in [5.74, 6) is 0.324. The number of phenols is 1. The van der Waals surface area contributed by atoms with Gasteiger partial charge in [-0.15, -0.1) is 19.0 Å². The van der Waals surface area contributed by atoms with Crippen molar-refractivity contribution in [3.05, 3.63) is 42.0 Å². The van der Waals surface area contributed by atoms with Crippen molar-refractivity contribution in [2.45, 2.75) is 25.8 Å². The number of benzene rings is 1. The lowest BCUT2D eigenvalue weighted by Gasteiger charge is -2.11. The lowest BCUT2D eigenvalue weighted by atomic mass is 10.0. The van der Waals surface area contributed by atoms with Crippen LogP contribution in [0.5, 0.6) is 5.75 Å². The normalized spacial score (nSPS) is 11.6. The summed E-state index contributed by atoms with van der Waals surface area (Å²) in [6.45, 7) is 5.54. The molecule has 0 aliphatic heterocycles. The molecule has 3 heteroatoms. The topological polar surface area (TPSA) is 46.2 Å². The van der Waals surface area contributed by atoms with Crippen molar-refractivity contribution in [1.82, 2.24) is 0 Å². The van der Waals surface area contributed by atoms with Gasteiger partial charge >= 0.3 is 0 Å². The summed E-state index contributed by atoms with van der Waals surface area (Å²) < 4.78 is 0. The number of hydrogen-bond acceptors (Lipinski definition) is 2.